The summed E-state index contributed by atoms with van der Waals surface area (Å²) in [6, 6.07) is 5.37. The molecule has 1 fully saturated rings. The maximum Gasteiger partial charge on any atom is 0.316 e. The normalized spacial score (nSPS) is 26.7. The van der Waals surface area contributed by atoms with Gasteiger partial charge in [-0.3, -0.25) is 4.79 Å². The molecule has 0 aliphatic heterocycles. The largest absolute Gasteiger partial charge is 0.468 e. The van der Waals surface area contributed by atoms with E-state index in [0.717, 1.165) is 18.4 Å². The van der Waals surface area contributed by atoms with Crippen LogP contribution in [0.15, 0.2) is 18.2 Å². The van der Waals surface area contributed by atoms with Crippen LogP contribution in [0, 0.1) is 5.92 Å². The van der Waals surface area contributed by atoms with E-state index in [4.69, 9.17) is 27.9 Å². The van der Waals surface area contributed by atoms with Crippen LogP contribution in [-0.4, -0.2) is 13.1 Å². The van der Waals surface area contributed by atoms with Crippen molar-refractivity contribution in [1.29, 1.82) is 0 Å². The Labute approximate surface area is 111 Å². The fourth-order valence-corrected chi connectivity index (χ4v) is 2.80. The van der Waals surface area contributed by atoms with E-state index in [-0.39, 0.29) is 5.97 Å². The fraction of sp³-hybridized carbons (Fsp3) is 0.462. The van der Waals surface area contributed by atoms with Crippen LogP contribution in [0.25, 0.3) is 0 Å². The average Bonchev–Trinajstić information content (AvgIpc) is 3.07. The zero-order chi connectivity index (χ0) is 12.6. The molecule has 17 heavy (non-hydrogen) atoms. The molecule has 0 aromatic heterocycles. The van der Waals surface area contributed by atoms with Crippen LogP contribution >= 0.6 is 23.2 Å². The van der Waals surface area contributed by atoms with Crippen molar-refractivity contribution in [2.24, 2.45) is 5.92 Å². The Balaban J connectivity index is 2.41. The van der Waals surface area contributed by atoms with E-state index < -0.39 is 5.41 Å². The lowest BCUT2D eigenvalue weighted by molar-refractivity contribution is -0.144. The van der Waals surface area contributed by atoms with Gasteiger partial charge in [-0.15, -0.1) is 0 Å². The number of methoxy groups -OCH3 is 1. The molecule has 0 saturated heterocycles. The van der Waals surface area contributed by atoms with Gasteiger partial charge in [-0.05, 0) is 30.0 Å². The Bertz CT molecular complexity index is 459. The van der Waals surface area contributed by atoms with Crippen LogP contribution in [0.2, 0.25) is 10.0 Å². The van der Waals surface area contributed by atoms with Crippen molar-refractivity contribution in [3.8, 4) is 0 Å². The number of hydrogen-bond acceptors (Lipinski definition) is 2. The van der Waals surface area contributed by atoms with Gasteiger partial charge in [0.25, 0.3) is 0 Å². The molecule has 0 N–H and O–H groups in total. The predicted molar refractivity (Wildman–Crippen MR) is 68.6 cm³/mol. The van der Waals surface area contributed by atoms with Crippen molar-refractivity contribution in [3.63, 3.8) is 0 Å². The lowest BCUT2D eigenvalue weighted by atomic mass is 9.92. The van der Waals surface area contributed by atoms with Crippen LogP contribution in [0.4, 0.5) is 0 Å². The number of halogens is 2. The minimum atomic E-state index is -0.502. The molecule has 0 bridgehead atoms. The van der Waals surface area contributed by atoms with Gasteiger partial charge in [0.1, 0.15) is 0 Å². The van der Waals surface area contributed by atoms with E-state index in [2.05, 4.69) is 6.92 Å². The minimum absolute atomic E-state index is 0.178. The van der Waals surface area contributed by atoms with Crippen molar-refractivity contribution < 1.29 is 9.53 Å². The van der Waals surface area contributed by atoms with Crippen LogP contribution in [-0.2, 0) is 14.9 Å². The standard InChI is InChI=1S/C13H14Cl2O2/c1-3-8-7-13(8,12(16)17-2)9-4-5-10(14)11(15)6-9/h4-6,8H,3,7H2,1-2H3. The summed E-state index contributed by atoms with van der Waals surface area (Å²) in [6.45, 7) is 2.08. The Kier molecular flexibility index (Phi) is 3.37. The molecule has 1 aliphatic rings. The molecular formula is C13H14Cl2O2. The van der Waals surface area contributed by atoms with Gasteiger partial charge in [-0.1, -0.05) is 42.6 Å². The van der Waals surface area contributed by atoms with Crippen LogP contribution in [0.1, 0.15) is 25.3 Å². The first kappa shape index (κ1) is 12.7. The zero-order valence-electron chi connectivity index (χ0n) is 9.80. The zero-order valence-corrected chi connectivity index (χ0v) is 11.3. The Hall–Kier alpha value is -0.730. The number of carbonyl (C=O) groups is 1. The number of rotatable bonds is 3. The molecule has 2 atom stereocenters. The second-order valence-corrected chi connectivity index (χ2v) is 5.22. The summed E-state index contributed by atoms with van der Waals surface area (Å²) in [5, 5.41) is 0.985. The number of hydrogen-bond donors (Lipinski definition) is 0. The SMILES string of the molecule is CCC1CC1(C(=O)OC)c1ccc(Cl)c(Cl)c1. The first-order valence-corrected chi connectivity index (χ1v) is 6.35. The van der Waals surface area contributed by atoms with Crippen molar-refractivity contribution in [1.82, 2.24) is 0 Å². The molecule has 0 spiro atoms. The first-order valence-electron chi connectivity index (χ1n) is 5.60. The summed E-state index contributed by atoms with van der Waals surface area (Å²) in [5.41, 5.74) is 0.406. The highest BCUT2D eigenvalue weighted by molar-refractivity contribution is 6.42. The third-order valence-corrected chi connectivity index (χ3v) is 4.32. The molecule has 92 valence electrons. The molecule has 1 aromatic rings. The molecule has 1 saturated carbocycles. The smallest absolute Gasteiger partial charge is 0.316 e. The number of benzene rings is 1. The second kappa shape index (κ2) is 4.51. The minimum Gasteiger partial charge on any atom is -0.468 e. The van der Waals surface area contributed by atoms with Gasteiger partial charge >= 0.3 is 5.97 Å². The topological polar surface area (TPSA) is 26.3 Å². The molecule has 2 nitrogen and oxygen atoms in total. The summed E-state index contributed by atoms with van der Waals surface area (Å²) in [5.74, 6) is 0.162. The molecule has 0 radical (unpaired) electrons. The van der Waals surface area contributed by atoms with Gasteiger partial charge < -0.3 is 4.74 Å². The van der Waals surface area contributed by atoms with Crippen LogP contribution in [0.3, 0.4) is 0 Å². The highest BCUT2D eigenvalue weighted by atomic mass is 35.5. The predicted octanol–water partition coefficient (Wildman–Crippen LogP) is 3.83. The highest BCUT2D eigenvalue weighted by Gasteiger charge is 2.61. The van der Waals surface area contributed by atoms with Gasteiger partial charge in [0.2, 0.25) is 0 Å². The molecule has 4 heteroatoms. The first-order chi connectivity index (χ1) is 8.06. The molecule has 1 aliphatic carbocycles. The van der Waals surface area contributed by atoms with Gasteiger partial charge in [0.05, 0.1) is 22.6 Å². The van der Waals surface area contributed by atoms with Crippen molar-refractivity contribution in [3.05, 3.63) is 33.8 Å². The summed E-state index contributed by atoms with van der Waals surface area (Å²) in [4.78, 5) is 12.0. The van der Waals surface area contributed by atoms with Gasteiger partial charge in [0.15, 0.2) is 0 Å². The Morgan fingerprint density at radius 2 is 2.18 bits per heavy atom. The Morgan fingerprint density at radius 1 is 1.47 bits per heavy atom. The third kappa shape index (κ3) is 1.94. The van der Waals surface area contributed by atoms with E-state index >= 15 is 0 Å². The monoisotopic (exact) mass is 272 g/mol. The quantitative estimate of drug-likeness (QED) is 0.782. The van der Waals surface area contributed by atoms with E-state index in [9.17, 15) is 4.79 Å². The molecular weight excluding hydrogens is 259 g/mol. The summed E-state index contributed by atoms with van der Waals surface area (Å²) >= 11 is 11.9. The maximum atomic E-state index is 12.0. The lowest BCUT2D eigenvalue weighted by Crippen LogP contribution is -2.24. The van der Waals surface area contributed by atoms with Gasteiger partial charge in [0, 0.05) is 0 Å². The molecule has 0 amide bonds. The number of carbonyl (C=O) groups excluding carboxylic acids is 1. The highest BCUT2D eigenvalue weighted by Crippen LogP contribution is 2.57. The van der Waals surface area contributed by atoms with Crippen molar-refractivity contribution in [2.75, 3.05) is 7.11 Å². The number of esters is 1. The van der Waals surface area contributed by atoms with Crippen LogP contribution in [0.5, 0.6) is 0 Å². The molecule has 1 aromatic carbocycles. The summed E-state index contributed by atoms with van der Waals surface area (Å²) in [6.07, 6.45) is 1.78. The van der Waals surface area contributed by atoms with Crippen molar-refractivity contribution in [2.45, 2.75) is 25.2 Å². The number of ether oxygens (including phenoxy) is 1. The van der Waals surface area contributed by atoms with E-state index in [1.165, 1.54) is 7.11 Å². The molecule has 0 heterocycles. The summed E-state index contributed by atoms with van der Waals surface area (Å²) < 4.78 is 4.92. The van der Waals surface area contributed by atoms with E-state index in [1.54, 1.807) is 12.1 Å². The molecule has 2 unspecified atom stereocenters. The van der Waals surface area contributed by atoms with Gasteiger partial charge in [-0.2, -0.15) is 0 Å². The van der Waals surface area contributed by atoms with E-state index in [1.807, 2.05) is 6.07 Å². The summed E-state index contributed by atoms with van der Waals surface area (Å²) in [7, 11) is 1.42. The fourth-order valence-electron chi connectivity index (χ4n) is 2.50. The van der Waals surface area contributed by atoms with E-state index in [0.29, 0.717) is 16.0 Å². The van der Waals surface area contributed by atoms with Gasteiger partial charge in [-0.25, -0.2) is 0 Å². The average molecular weight is 273 g/mol. The molecule has 2 rings (SSSR count). The lowest BCUT2D eigenvalue weighted by Gasteiger charge is -2.15. The second-order valence-electron chi connectivity index (χ2n) is 4.40. The maximum absolute atomic E-state index is 12.0. The third-order valence-electron chi connectivity index (χ3n) is 3.58. The Morgan fingerprint density at radius 3 is 2.65 bits per heavy atom. The van der Waals surface area contributed by atoms with Crippen molar-refractivity contribution >= 4 is 29.2 Å². The van der Waals surface area contributed by atoms with Crippen LogP contribution < -0.4 is 0 Å².